The van der Waals surface area contributed by atoms with Gasteiger partial charge in [0.15, 0.2) is 0 Å². The second-order valence-corrected chi connectivity index (χ2v) is 8.27. The van der Waals surface area contributed by atoms with Crippen LogP contribution in [0, 0.1) is 11.8 Å². The van der Waals surface area contributed by atoms with Crippen LogP contribution >= 0.6 is 11.3 Å². The summed E-state index contributed by atoms with van der Waals surface area (Å²) >= 11 is 1.43. The number of likely N-dealkylation sites (tertiary alicyclic amines) is 2. The molecule has 7 nitrogen and oxygen atoms in total. The van der Waals surface area contributed by atoms with E-state index in [0.29, 0.717) is 25.3 Å². The van der Waals surface area contributed by atoms with Crippen molar-refractivity contribution in [3.8, 4) is 5.75 Å². The van der Waals surface area contributed by atoms with Gasteiger partial charge in [0.1, 0.15) is 11.4 Å². The number of nitrogens with zero attached hydrogens (tertiary/aromatic N) is 4. The second kappa shape index (κ2) is 7.43. The summed E-state index contributed by atoms with van der Waals surface area (Å²) in [4.78, 5) is 35.2. The van der Waals surface area contributed by atoms with E-state index >= 15 is 0 Å². The van der Waals surface area contributed by atoms with Crippen LogP contribution in [0.2, 0.25) is 0 Å². The molecule has 1 aromatic carbocycles. The Balaban J connectivity index is 1.61. The summed E-state index contributed by atoms with van der Waals surface area (Å²) in [5.74, 6) is 1.24. The lowest BCUT2D eigenvalue weighted by atomic mass is 9.89. The lowest BCUT2D eigenvalue weighted by Crippen LogP contribution is -2.42. The second-order valence-electron chi connectivity index (χ2n) is 7.56. The summed E-state index contributed by atoms with van der Waals surface area (Å²) in [7, 11) is 5.20. The van der Waals surface area contributed by atoms with Crippen molar-refractivity contribution in [1.29, 1.82) is 0 Å². The van der Waals surface area contributed by atoms with E-state index in [1.807, 2.05) is 34.1 Å². The number of fused-ring (bicyclic) bond motifs is 1. The zero-order valence-electron chi connectivity index (χ0n) is 16.2. The van der Waals surface area contributed by atoms with E-state index in [0.717, 1.165) is 11.3 Å². The van der Waals surface area contributed by atoms with Gasteiger partial charge in [0, 0.05) is 50.9 Å². The SMILES string of the molecule is COc1ccc([C@H]2[C@@H]3CN(C(=O)c4cscn4)C[C@@H]3CN2C(=O)N(C)C)cc1. The summed E-state index contributed by atoms with van der Waals surface area (Å²) in [6.07, 6.45) is 0. The van der Waals surface area contributed by atoms with E-state index in [-0.39, 0.29) is 29.8 Å². The number of hydrogen-bond acceptors (Lipinski definition) is 5. The molecular weight excluding hydrogens is 376 g/mol. The Morgan fingerprint density at radius 3 is 2.54 bits per heavy atom. The van der Waals surface area contributed by atoms with Gasteiger partial charge in [-0.3, -0.25) is 4.79 Å². The number of carbonyl (C=O) groups excluding carboxylic acids is 2. The lowest BCUT2D eigenvalue weighted by Gasteiger charge is -2.31. The zero-order valence-corrected chi connectivity index (χ0v) is 17.1. The number of methoxy groups -OCH3 is 1. The Morgan fingerprint density at radius 2 is 1.93 bits per heavy atom. The highest BCUT2D eigenvalue weighted by molar-refractivity contribution is 7.07. The molecule has 0 aliphatic carbocycles. The van der Waals surface area contributed by atoms with Crippen molar-refractivity contribution in [1.82, 2.24) is 19.7 Å². The molecule has 0 unspecified atom stereocenters. The molecule has 2 saturated heterocycles. The molecule has 0 radical (unpaired) electrons. The summed E-state index contributed by atoms with van der Waals surface area (Å²) in [5.41, 5.74) is 3.26. The van der Waals surface area contributed by atoms with Gasteiger partial charge in [-0.2, -0.15) is 0 Å². The van der Waals surface area contributed by atoms with Crippen LogP contribution in [-0.2, 0) is 0 Å². The van der Waals surface area contributed by atoms with Crippen LogP contribution < -0.4 is 4.74 Å². The molecule has 0 spiro atoms. The maximum atomic E-state index is 12.8. The fourth-order valence-corrected chi connectivity index (χ4v) is 4.90. The molecule has 3 amide bonds. The minimum absolute atomic E-state index is 0.00703. The molecule has 0 N–H and O–H groups in total. The predicted molar refractivity (Wildman–Crippen MR) is 107 cm³/mol. The average molecular weight is 401 g/mol. The van der Waals surface area contributed by atoms with Gasteiger partial charge in [-0.1, -0.05) is 12.1 Å². The molecule has 1 aromatic heterocycles. The number of amides is 3. The molecule has 3 atom stereocenters. The largest absolute Gasteiger partial charge is 0.497 e. The summed E-state index contributed by atoms with van der Waals surface area (Å²) in [5, 5.41) is 1.79. The standard InChI is InChI=1S/C20H24N4O3S/c1-22(2)20(26)24-9-14-8-23(19(25)17-11-28-12-21-17)10-16(14)18(24)13-4-6-15(27-3)7-5-13/h4-7,11-12,14,16,18H,8-10H2,1-3H3/t14-,16-,18+/m1/s1. The first-order valence-electron chi connectivity index (χ1n) is 9.29. The normalized spacial score (nSPS) is 23.6. The van der Waals surface area contributed by atoms with Gasteiger partial charge in [-0.25, -0.2) is 9.78 Å². The van der Waals surface area contributed by atoms with E-state index in [1.54, 1.807) is 37.0 Å². The molecule has 0 bridgehead atoms. The molecule has 148 valence electrons. The van der Waals surface area contributed by atoms with Crippen LogP contribution in [-0.4, -0.2) is 72.5 Å². The Kier molecular flexibility index (Phi) is 4.97. The van der Waals surface area contributed by atoms with Gasteiger partial charge in [-0.05, 0) is 17.7 Å². The van der Waals surface area contributed by atoms with Crippen molar-refractivity contribution in [2.24, 2.45) is 11.8 Å². The Bertz CT molecular complexity index is 853. The third-order valence-electron chi connectivity index (χ3n) is 5.69. The van der Waals surface area contributed by atoms with Crippen molar-refractivity contribution in [2.75, 3.05) is 40.8 Å². The van der Waals surface area contributed by atoms with Crippen LogP contribution in [0.1, 0.15) is 22.1 Å². The summed E-state index contributed by atoms with van der Waals surface area (Å²) < 4.78 is 5.27. The van der Waals surface area contributed by atoms with Crippen LogP contribution in [0.4, 0.5) is 4.79 Å². The number of aromatic nitrogens is 1. The lowest BCUT2D eigenvalue weighted by molar-refractivity contribution is 0.0761. The highest BCUT2D eigenvalue weighted by atomic mass is 32.1. The molecule has 2 fully saturated rings. The third kappa shape index (κ3) is 3.22. The number of urea groups is 1. The highest BCUT2D eigenvalue weighted by Gasteiger charge is 2.50. The number of benzene rings is 1. The number of carbonyl (C=O) groups is 2. The van der Waals surface area contributed by atoms with Gasteiger partial charge < -0.3 is 19.4 Å². The molecule has 2 aliphatic heterocycles. The Hall–Kier alpha value is -2.61. The smallest absolute Gasteiger partial charge is 0.320 e. The van der Waals surface area contributed by atoms with Crippen LogP contribution in [0.25, 0.3) is 0 Å². The van der Waals surface area contributed by atoms with Crippen LogP contribution in [0.15, 0.2) is 35.2 Å². The maximum absolute atomic E-state index is 12.8. The molecule has 2 aliphatic rings. The zero-order chi connectivity index (χ0) is 19.8. The van der Waals surface area contributed by atoms with E-state index in [4.69, 9.17) is 4.74 Å². The van der Waals surface area contributed by atoms with Crippen LogP contribution in [0.5, 0.6) is 5.75 Å². The minimum Gasteiger partial charge on any atom is -0.497 e. The van der Waals surface area contributed by atoms with E-state index < -0.39 is 0 Å². The van der Waals surface area contributed by atoms with Gasteiger partial charge in [-0.15, -0.1) is 11.3 Å². The van der Waals surface area contributed by atoms with E-state index in [2.05, 4.69) is 4.98 Å². The average Bonchev–Trinajstić information content (AvgIpc) is 3.42. The summed E-state index contributed by atoms with van der Waals surface area (Å²) in [6, 6.07) is 7.84. The molecule has 8 heteroatoms. The van der Waals surface area contributed by atoms with Crippen LogP contribution in [0.3, 0.4) is 0 Å². The Labute approximate surface area is 168 Å². The van der Waals surface area contributed by atoms with Crippen molar-refractivity contribution in [3.05, 3.63) is 46.4 Å². The molecule has 4 rings (SSSR count). The molecular formula is C20H24N4O3S. The van der Waals surface area contributed by atoms with Gasteiger partial charge in [0.05, 0.1) is 18.7 Å². The molecule has 28 heavy (non-hydrogen) atoms. The van der Waals surface area contributed by atoms with Gasteiger partial charge >= 0.3 is 6.03 Å². The van der Waals surface area contributed by atoms with Crippen molar-refractivity contribution in [3.63, 3.8) is 0 Å². The highest BCUT2D eigenvalue weighted by Crippen LogP contribution is 2.45. The number of hydrogen-bond donors (Lipinski definition) is 0. The van der Waals surface area contributed by atoms with Crippen molar-refractivity contribution in [2.45, 2.75) is 6.04 Å². The third-order valence-corrected chi connectivity index (χ3v) is 6.27. The fraction of sp³-hybridized carbons (Fsp3) is 0.450. The quantitative estimate of drug-likeness (QED) is 0.794. The molecule has 2 aromatic rings. The predicted octanol–water partition coefficient (Wildman–Crippen LogP) is 2.58. The maximum Gasteiger partial charge on any atom is 0.320 e. The first kappa shape index (κ1) is 18.7. The Morgan fingerprint density at radius 1 is 1.18 bits per heavy atom. The molecule has 3 heterocycles. The number of ether oxygens (including phenoxy) is 1. The monoisotopic (exact) mass is 400 g/mol. The first-order chi connectivity index (χ1) is 13.5. The number of rotatable bonds is 3. The topological polar surface area (TPSA) is 66.0 Å². The molecule has 0 saturated carbocycles. The van der Waals surface area contributed by atoms with E-state index in [1.165, 1.54) is 11.3 Å². The van der Waals surface area contributed by atoms with E-state index in [9.17, 15) is 9.59 Å². The first-order valence-corrected chi connectivity index (χ1v) is 10.2. The fourth-order valence-electron chi connectivity index (χ4n) is 4.37. The minimum atomic E-state index is -0.0564. The number of thiazole rings is 1. The van der Waals surface area contributed by atoms with Gasteiger partial charge in [0.25, 0.3) is 5.91 Å². The van der Waals surface area contributed by atoms with Crippen molar-refractivity contribution >= 4 is 23.3 Å². The van der Waals surface area contributed by atoms with Gasteiger partial charge in [0.2, 0.25) is 0 Å². The van der Waals surface area contributed by atoms with Crippen molar-refractivity contribution < 1.29 is 14.3 Å². The summed E-state index contributed by atoms with van der Waals surface area (Å²) in [6.45, 7) is 1.94.